The van der Waals surface area contributed by atoms with Crippen molar-refractivity contribution in [1.29, 1.82) is 0 Å². The highest BCUT2D eigenvalue weighted by molar-refractivity contribution is 7.92. The normalized spacial score (nSPS) is 14.7. The molecule has 9 heteroatoms. The van der Waals surface area contributed by atoms with Crippen LogP contribution in [-0.4, -0.2) is 50.0 Å². The minimum Gasteiger partial charge on any atom is -0.352 e. The first-order chi connectivity index (χ1) is 20.0. The van der Waals surface area contributed by atoms with Gasteiger partial charge in [-0.15, -0.1) is 0 Å². The summed E-state index contributed by atoms with van der Waals surface area (Å²) in [6.07, 6.45) is 6.13. The largest absolute Gasteiger partial charge is 0.352 e. The highest BCUT2D eigenvalue weighted by Crippen LogP contribution is 2.24. The monoisotopic (exact) mass is 593 g/mol. The number of nitrogens with zero attached hydrogens (tertiary/aromatic N) is 2. The zero-order valence-corrected chi connectivity index (χ0v) is 25.4. The first-order valence-corrected chi connectivity index (χ1v) is 16.3. The lowest BCUT2D eigenvalue weighted by Crippen LogP contribution is -2.55. The molecule has 0 heterocycles. The van der Waals surface area contributed by atoms with Crippen molar-refractivity contribution in [2.45, 2.75) is 71.0 Å². The fourth-order valence-corrected chi connectivity index (χ4v) is 6.45. The number of sulfonamides is 1. The van der Waals surface area contributed by atoms with E-state index >= 15 is 0 Å². The third-order valence-corrected chi connectivity index (χ3v) is 8.84. The van der Waals surface area contributed by atoms with Crippen LogP contribution in [0.3, 0.4) is 0 Å². The highest BCUT2D eigenvalue weighted by atomic mass is 32.2. The molecule has 2 amide bonds. The lowest BCUT2D eigenvalue weighted by Gasteiger charge is -2.35. The maximum Gasteiger partial charge on any atom is 0.244 e. The van der Waals surface area contributed by atoms with Crippen LogP contribution in [0.5, 0.6) is 0 Å². The Morgan fingerprint density at radius 2 is 1.55 bits per heavy atom. The van der Waals surface area contributed by atoms with Gasteiger partial charge in [0.05, 0.1) is 11.9 Å². The summed E-state index contributed by atoms with van der Waals surface area (Å²) >= 11 is 0. The van der Waals surface area contributed by atoms with Crippen LogP contribution in [0, 0.1) is 19.7 Å². The molecule has 0 aromatic heterocycles. The van der Waals surface area contributed by atoms with Crippen molar-refractivity contribution in [2.75, 3.05) is 17.1 Å². The van der Waals surface area contributed by atoms with Gasteiger partial charge in [0.2, 0.25) is 21.8 Å². The number of aryl methyl sites for hydroxylation is 2. The number of carbonyl (C=O) groups excluding carboxylic acids is 2. The van der Waals surface area contributed by atoms with Crippen LogP contribution in [0.15, 0.2) is 72.8 Å². The average molecular weight is 594 g/mol. The zero-order valence-electron chi connectivity index (χ0n) is 24.6. The van der Waals surface area contributed by atoms with E-state index in [1.54, 1.807) is 30.3 Å². The predicted molar refractivity (Wildman–Crippen MR) is 164 cm³/mol. The van der Waals surface area contributed by atoms with E-state index in [0.717, 1.165) is 59.4 Å². The van der Waals surface area contributed by atoms with Crippen LogP contribution < -0.4 is 9.62 Å². The Balaban J connectivity index is 1.74. The molecule has 0 spiro atoms. The molecule has 1 N–H and O–H groups in total. The molecule has 1 fully saturated rings. The van der Waals surface area contributed by atoms with Crippen molar-refractivity contribution < 1.29 is 22.4 Å². The lowest BCUT2D eigenvalue weighted by molar-refractivity contribution is -0.140. The molecule has 224 valence electrons. The number of amides is 2. The Bertz CT molecular complexity index is 1470. The van der Waals surface area contributed by atoms with E-state index < -0.39 is 34.3 Å². The Kier molecular flexibility index (Phi) is 10.4. The van der Waals surface area contributed by atoms with Crippen LogP contribution in [0.1, 0.15) is 54.4 Å². The number of rotatable bonds is 11. The molecule has 0 aliphatic heterocycles. The molecule has 42 heavy (non-hydrogen) atoms. The minimum absolute atomic E-state index is 0.00211. The van der Waals surface area contributed by atoms with Gasteiger partial charge < -0.3 is 10.2 Å². The van der Waals surface area contributed by atoms with E-state index in [-0.39, 0.29) is 30.5 Å². The van der Waals surface area contributed by atoms with Crippen LogP contribution in [-0.2, 0) is 32.6 Å². The van der Waals surface area contributed by atoms with Gasteiger partial charge >= 0.3 is 0 Å². The van der Waals surface area contributed by atoms with Gasteiger partial charge in [-0.1, -0.05) is 73.9 Å². The number of carbonyl (C=O) groups is 2. The summed E-state index contributed by atoms with van der Waals surface area (Å²) in [6.45, 7) is 2.99. The number of benzene rings is 3. The Labute approximate surface area is 248 Å². The van der Waals surface area contributed by atoms with Crippen LogP contribution in [0.2, 0.25) is 0 Å². The summed E-state index contributed by atoms with van der Waals surface area (Å²) in [5.41, 5.74) is 3.14. The van der Waals surface area contributed by atoms with E-state index in [9.17, 15) is 22.4 Å². The topological polar surface area (TPSA) is 86.8 Å². The number of halogens is 1. The maximum atomic E-state index is 14.9. The average Bonchev–Trinajstić information content (AvgIpc) is 2.94. The van der Waals surface area contributed by atoms with Crippen molar-refractivity contribution >= 4 is 27.5 Å². The summed E-state index contributed by atoms with van der Waals surface area (Å²) in [4.78, 5) is 29.5. The molecule has 3 aromatic carbocycles. The summed E-state index contributed by atoms with van der Waals surface area (Å²) in [5.74, 6) is -1.42. The highest BCUT2D eigenvalue weighted by Gasteiger charge is 2.34. The van der Waals surface area contributed by atoms with E-state index in [1.807, 2.05) is 50.2 Å². The standard InChI is InChI=1S/C33H40FN3O4S/c1-24-18-25(2)20-29(19-24)37(42(3,40)41)23-32(38)36(22-27-14-10-11-17-30(27)34)31(21-26-12-6-4-7-13-26)33(39)35-28-15-8-5-9-16-28/h4,6-7,10-14,17-20,28,31H,5,8-9,15-16,21-23H2,1-3H3,(H,35,39). The van der Waals surface area contributed by atoms with E-state index in [4.69, 9.17) is 0 Å². The molecule has 1 unspecified atom stereocenters. The molecule has 3 aromatic rings. The Morgan fingerprint density at radius 1 is 0.929 bits per heavy atom. The molecule has 0 radical (unpaired) electrons. The zero-order chi connectivity index (χ0) is 30.3. The first-order valence-electron chi connectivity index (χ1n) is 14.4. The molecule has 1 aliphatic carbocycles. The van der Waals surface area contributed by atoms with Gasteiger partial charge in [0.25, 0.3) is 0 Å². The second kappa shape index (κ2) is 14.0. The fourth-order valence-electron chi connectivity index (χ4n) is 5.62. The van der Waals surface area contributed by atoms with Crippen LogP contribution >= 0.6 is 0 Å². The summed E-state index contributed by atoms with van der Waals surface area (Å²) in [7, 11) is -3.88. The summed E-state index contributed by atoms with van der Waals surface area (Å²) in [5, 5.41) is 3.15. The molecular weight excluding hydrogens is 553 g/mol. The van der Waals surface area contributed by atoms with E-state index in [2.05, 4.69) is 5.32 Å². The van der Waals surface area contributed by atoms with Crippen molar-refractivity contribution in [3.05, 3.63) is 101 Å². The van der Waals surface area contributed by atoms with Crippen LogP contribution in [0.4, 0.5) is 10.1 Å². The SMILES string of the molecule is Cc1cc(C)cc(N(CC(=O)N(Cc2ccccc2F)C(Cc2ccccc2)C(=O)NC2CCCCC2)S(C)(=O)=O)c1. The summed E-state index contributed by atoms with van der Waals surface area (Å²) in [6, 6.07) is 19.8. The quantitative estimate of drug-likeness (QED) is 0.327. The van der Waals surface area contributed by atoms with Crippen molar-refractivity contribution in [1.82, 2.24) is 10.2 Å². The fraction of sp³-hybridized carbons (Fsp3) is 0.394. The van der Waals surface area contributed by atoms with Gasteiger partial charge in [-0.2, -0.15) is 0 Å². The first kappa shape index (κ1) is 31.2. The lowest BCUT2D eigenvalue weighted by atomic mass is 9.94. The molecule has 1 aliphatic rings. The smallest absolute Gasteiger partial charge is 0.244 e. The van der Waals surface area contributed by atoms with Gasteiger partial charge in [0, 0.05) is 24.6 Å². The molecule has 7 nitrogen and oxygen atoms in total. The molecule has 1 saturated carbocycles. The van der Waals surface area contributed by atoms with Crippen LogP contribution in [0.25, 0.3) is 0 Å². The number of hydrogen-bond acceptors (Lipinski definition) is 4. The molecule has 0 saturated heterocycles. The molecule has 0 bridgehead atoms. The number of nitrogens with one attached hydrogen (secondary N) is 1. The number of hydrogen-bond donors (Lipinski definition) is 1. The predicted octanol–water partition coefficient (Wildman–Crippen LogP) is 5.30. The van der Waals surface area contributed by atoms with E-state index in [1.165, 1.54) is 11.0 Å². The van der Waals surface area contributed by atoms with Gasteiger partial charge in [-0.3, -0.25) is 13.9 Å². The van der Waals surface area contributed by atoms with Gasteiger partial charge in [-0.05, 0) is 61.6 Å². The van der Waals surface area contributed by atoms with Gasteiger partial charge in [0.1, 0.15) is 18.4 Å². The minimum atomic E-state index is -3.88. The number of anilines is 1. The second-order valence-corrected chi connectivity index (χ2v) is 13.2. The van der Waals surface area contributed by atoms with Crippen molar-refractivity contribution in [3.63, 3.8) is 0 Å². The molecule has 1 atom stereocenters. The second-order valence-electron chi connectivity index (χ2n) is 11.3. The molecular formula is C33H40FN3O4S. The van der Waals surface area contributed by atoms with Crippen molar-refractivity contribution in [3.8, 4) is 0 Å². The third-order valence-electron chi connectivity index (χ3n) is 7.69. The third kappa shape index (κ3) is 8.41. The van der Waals surface area contributed by atoms with E-state index in [0.29, 0.717) is 5.69 Å². The van der Waals surface area contributed by atoms with Gasteiger partial charge in [0.15, 0.2) is 0 Å². The Morgan fingerprint density at radius 3 is 2.17 bits per heavy atom. The Hall–Kier alpha value is -3.72. The maximum absolute atomic E-state index is 14.9. The summed E-state index contributed by atoms with van der Waals surface area (Å²) < 4.78 is 42.0. The van der Waals surface area contributed by atoms with Crippen molar-refractivity contribution in [2.24, 2.45) is 0 Å². The van der Waals surface area contributed by atoms with Gasteiger partial charge in [-0.25, -0.2) is 12.8 Å². The molecule has 4 rings (SSSR count).